The summed E-state index contributed by atoms with van der Waals surface area (Å²) in [5, 5.41) is -0.220. The number of carbonyl (C=O) groups excluding carboxylic acids is 2. The van der Waals surface area contributed by atoms with Gasteiger partial charge in [-0.3, -0.25) is 14.5 Å². The van der Waals surface area contributed by atoms with Crippen LogP contribution in [0.1, 0.15) is 24.5 Å². The molecule has 28 heavy (non-hydrogen) atoms. The minimum atomic E-state index is -0.241. The van der Waals surface area contributed by atoms with Gasteiger partial charge in [0.1, 0.15) is 6.61 Å². The van der Waals surface area contributed by atoms with Crippen LogP contribution in [0.25, 0.3) is 6.08 Å². The van der Waals surface area contributed by atoms with Gasteiger partial charge < -0.3 is 9.47 Å². The maximum atomic E-state index is 12.4. The number of halogens is 1. The Morgan fingerprint density at radius 1 is 1.18 bits per heavy atom. The van der Waals surface area contributed by atoms with E-state index in [2.05, 4.69) is 22.6 Å². The van der Waals surface area contributed by atoms with E-state index in [0.29, 0.717) is 29.6 Å². The lowest BCUT2D eigenvalue weighted by atomic mass is 10.1. The summed E-state index contributed by atoms with van der Waals surface area (Å²) in [7, 11) is 1.58. The van der Waals surface area contributed by atoms with E-state index in [9.17, 15) is 9.59 Å². The van der Waals surface area contributed by atoms with Crippen molar-refractivity contribution >= 4 is 51.6 Å². The number of amides is 2. The van der Waals surface area contributed by atoms with Crippen molar-refractivity contribution in [1.82, 2.24) is 4.90 Å². The minimum Gasteiger partial charge on any atom is -0.493 e. The van der Waals surface area contributed by atoms with Crippen LogP contribution in [0.4, 0.5) is 4.79 Å². The quantitative estimate of drug-likeness (QED) is 0.374. The number of benzene rings is 2. The Bertz CT molecular complexity index is 914. The fraction of sp³-hybridized carbons (Fsp3) is 0.238. The Kier molecular flexibility index (Phi) is 7.01. The summed E-state index contributed by atoms with van der Waals surface area (Å²) in [6.07, 6.45) is 2.47. The first-order valence-electron chi connectivity index (χ1n) is 8.83. The Labute approximate surface area is 182 Å². The van der Waals surface area contributed by atoms with Crippen molar-refractivity contribution in [3.8, 4) is 11.5 Å². The zero-order valence-corrected chi connectivity index (χ0v) is 18.6. The molecule has 1 heterocycles. The summed E-state index contributed by atoms with van der Waals surface area (Å²) in [5.41, 5.74) is 1.85. The molecule has 1 fully saturated rings. The van der Waals surface area contributed by atoms with E-state index >= 15 is 0 Å². The Morgan fingerprint density at radius 2 is 1.93 bits per heavy atom. The fourth-order valence-electron chi connectivity index (χ4n) is 2.76. The second-order valence-corrected chi connectivity index (χ2v) is 8.30. The van der Waals surface area contributed by atoms with Crippen LogP contribution in [-0.4, -0.2) is 29.7 Å². The van der Waals surface area contributed by atoms with Crippen LogP contribution in [0.3, 0.4) is 0 Å². The highest BCUT2D eigenvalue weighted by molar-refractivity contribution is 14.1. The van der Waals surface area contributed by atoms with Gasteiger partial charge in [-0.25, -0.2) is 0 Å². The number of carbonyl (C=O) groups is 2. The fourth-order valence-corrected chi connectivity index (χ4v) is 4.41. The van der Waals surface area contributed by atoms with E-state index in [4.69, 9.17) is 9.47 Å². The Morgan fingerprint density at radius 3 is 2.61 bits per heavy atom. The Hall–Kier alpha value is -2.00. The standard InChI is InChI=1S/C21H20INO4S/c1-3-9-23-20(24)18(28-21(23)25)12-15-10-16(22)19(17(11-15)26-2)27-13-14-7-5-4-6-8-14/h4-8,10-12H,3,9,13H2,1-2H3/b18-12+. The average molecular weight is 509 g/mol. The lowest BCUT2D eigenvalue weighted by Gasteiger charge is -2.14. The van der Waals surface area contributed by atoms with Crippen LogP contribution in [0.15, 0.2) is 47.4 Å². The lowest BCUT2D eigenvalue weighted by Crippen LogP contribution is -2.28. The molecule has 5 nitrogen and oxygen atoms in total. The van der Waals surface area contributed by atoms with Crippen molar-refractivity contribution in [2.75, 3.05) is 13.7 Å². The number of hydrogen-bond donors (Lipinski definition) is 0. The van der Waals surface area contributed by atoms with Crippen molar-refractivity contribution in [2.45, 2.75) is 20.0 Å². The van der Waals surface area contributed by atoms with Gasteiger partial charge in [0.2, 0.25) is 0 Å². The summed E-state index contributed by atoms with van der Waals surface area (Å²) in [4.78, 5) is 26.2. The van der Waals surface area contributed by atoms with Gasteiger partial charge in [0, 0.05) is 6.54 Å². The van der Waals surface area contributed by atoms with Gasteiger partial charge >= 0.3 is 0 Å². The molecule has 0 aliphatic carbocycles. The van der Waals surface area contributed by atoms with Crippen LogP contribution >= 0.6 is 34.4 Å². The van der Waals surface area contributed by atoms with Gasteiger partial charge in [-0.15, -0.1) is 0 Å². The first-order valence-corrected chi connectivity index (χ1v) is 10.7. The molecule has 0 saturated carbocycles. The van der Waals surface area contributed by atoms with E-state index in [1.54, 1.807) is 13.2 Å². The number of nitrogens with zero attached hydrogens (tertiary/aromatic N) is 1. The number of hydrogen-bond acceptors (Lipinski definition) is 5. The van der Waals surface area contributed by atoms with Gasteiger partial charge in [-0.2, -0.15) is 0 Å². The van der Waals surface area contributed by atoms with Crippen LogP contribution in [0.2, 0.25) is 0 Å². The second-order valence-electron chi connectivity index (χ2n) is 6.14. The molecule has 3 rings (SSSR count). The van der Waals surface area contributed by atoms with Gasteiger partial charge in [0.25, 0.3) is 11.1 Å². The highest BCUT2D eigenvalue weighted by Crippen LogP contribution is 2.37. The zero-order valence-electron chi connectivity index (χ0n) is 15.6. The minimum absolute atomic E-state index is 0.220. The van der Waals surface area contributed by atoms with E-state index in [-0.39, 0.29) is 11.1 Å². The smallest absolute Gasteiger partial charge is 0.293 e. The Balaban J connectivity index is 1.83. The molecule has 0 unspecified atom stereocenters. The number of imide groups is 1. The van der Waals surface area contributed by atoms with Gasteiger partial charge in [0.05, 0.1) is 15.6 Å². The summed E-state index contributed by atoms with van der Waals surface area (Å²) >= 11 is 3.16. The molecule has 2 aromatic rings. The third-order valence-electron chi connectivity index (χ3n) is 4.10. The molecular weight excluding hydrogens is 489 g/mol. The molecule has 7 heteroatoms. The largest absolute Gasteiger partial charge is 0.493 e. The van der Waals surface area contributed by atoms with E-state index in [0.717, 1.165) is 32.9 Å². The highest BCUT2D eigenvalue weighted by atomic mass is 127. The van der Waals surface area contributed by atoms with E-state index in [1.165, 1.54) is 4.90 Å². The molecule has 146 valence electrons. The molecule has 2 aromatic carbocycles. The highest BCUT2D eigenvalue weighted by Gasteiger charge is 2.34. The summed E-state index contributed by atoms with van der Waals surface area (Å²) in [6, 6.07) is 13.6. The molecule has 2 amide bonds. The van der Waals surface area contributed by atoms with Crippen molar-refractivity contribution < 1.29 is 19.1 Å². The molecule has 1 saturated heterocycles. The first-order chi connectivity index (χ1) is 13.5. The first kappa shape index (κ1) is 20.7. The van der Waals surface area contributed by atoms with Gasteiger partial charge in [-0.1, -0.05) is 37.3 Å². The zero-order chi connectivity index (χ0) is 20.1. The third-order valence-corrected chi connectivity index (χ3v) is 5.81. The van der Waals surface area contributed by atoms with E-state index < -0.39 is 0 Å². The molecule has 1 aliphatic rings. The van der Waals surface area contributed by atoms with Crippen molar-refractivity contribution in [1.29, 1.82) is 0 Å². The number of rotatable bonds is 7. The predicted octanol–water partition coefficient (Wildman–Crippen LogP) is 5.33. The van der Waals surface area contributed by atoms with Crippen LogP contribution in [0.5, 0.6) is 11.5 Å². The van der Waals surface area contributed by atoms with Gasteiger partial charge in [-0.05, 0) is 70.1 Å². The molecule has 0 N–H and O–H groups in total. The molecule has 0 radical (unpaired) electrons. The summed E-state index contributed by atoms with van der Waals surface area (Å²) in [5.74, 6) is 1.00. The number of ether oxygens (including phenoxy) is 2. The molecule has 0 atom stereocenters. The average Bonchev–Trinajstić information content (AvgIpc) is 2.95. The normalized spacial score (nSPS) is 15.4. The summed E-state index contributed by atoms with van der Waals surface area (Å²) in [6.45, 7) is 2.81. The number of thioether (sulfide) groups is 1. The SMILES string of the molecule is CCCN1C(=O)S/C(=C/c2cc(I)c(OCc3ccccc3)c(OC)c2)C1=O. The third kappa shape index (κ3) is 4.70. The lowest BCUT2D eigenvalue weighted by molar-refractivity contribution is -0.122. The maximum Gasteiger partial charge on any atom is 0.293 e. The van der Waals surface area contributed by atoms with Crippen molar-refractivity contribution in [3.63, 3.8) is 0 Å². The van der Waals surface area contributed by atoms with Crippen molar-refractivity contribution in [2.24, 2.45) is 0 Å². The monoisotopic (exact) mass is 509 g/mol. The topological polar surface area (TPSA) is 55.8 Å². The molecule has 0 bridgehead atoms. The summed E-state index contributed by atoms with van der Waals surface area (Å²) < 4.78 is 12.3. The maximum absolute atomic E-state index is 12.4. The van der Waals surface area contributed by atoms with E-state index in [1.807, 2.05) is 49.4 Å². The second kappa shape index (κ2) is 9.47. The van der Waals surface area contributed by atoms with Crippen LogP contribution in [-0.2, 0) is 11.4 Å². The van der Waals surface area contributed by atoms with Crippen LogP contribution in [0, 0.1) is 3.57 Å². The molecule has 1 aliphatic heterocycles. The predicted molar refractivity (Wildman–Crippen MR) is 119 cm³/mol. The van der Waals surface area contributed by atoms with Crippen LogP contribution < -0.4 is 9.47 Å². The molecule has 0 aromatic heterocycles. The molecule has 0 spiro atoms. The number of methoxy groups -OCH3 is 1. The molecular formula is C21H20INO4S. The van der Waals surface area contributed by atoms with Crippen molar-refractivity contribution in [3.05, 3.63) is 62.1 Å². The van der Waals surface area contributed by atoms with Gasteiger partial charge in [0.15, 0.2) is 11.5 Å².